The highest BCUT2D eigenvalue weighted by molar-refractivity contribution is 6.05. The lowest BCUT2D eigenvalue weighted by Gasteiger charge is -2.36. The summed E-state index contributed by atoms with van der Waals surface area (Å²) in [5, 5.41) is 5.79. The molecule has 1 atom stereocenters. The molecule has 5 rings (SSSR count). The number of urea groups is 1. The quantitative estimate of drug-likeness (QED) is 0.611. The standard InChI is InChI=1S/C24H27N7O3/c1-13(2)27-23(32)18-9-14(3)21-22(28-18)31(17-6-8-30(21)12-17)24(33)29-20-10-16(5-7-25-20)19-11-26-15(4)34-19/h5,7,9-11,13,17H,6,8,12H2,1-4H3,(H,27,32)(H,25,29,33)/t17-/m0/s1. The largest absolute Gasteiger partial charge is 0.441 e. The Morgan fingerprint density at radius 2 is 2.03 bits per heavy atom. The third kappa shape index (κ3) is 3.95. The Bertz CT molecular complexity index is 1270. The van der Waals surface area contributed by atoms with Crippen molar-refractivity contribution in [3.05, 3.63) is 47.7 Å². The molecule has 2 N–H and O–H groups in total. The fourth-order valence-electron chi connectivity index (χ4n) is 4.57. The first-order valence-electron chi connectivity index (χ1n) is 11.4. The summed E-state index contributed by atoms with van der Waals surface area (Å²) >= 11 is 0. The number of aromatic nitrogens is 3. The van der Waals surface area contributed by atoms with Crippen LogP contribution in [0.2, 0.25) is 0 Å². The second kappa shape index (κ2) is 8.44. The van der Waals surface area contributed by atoms with Gasteiger partial charge in [0, 0.05) is 37.8 Å². The Hall–Kier alpha value is -3.95. The van der Waals surface area contributed by atoms with E-state index in [9.17, 15) is 9.59 Å². The number of fused-ring (bicyclic) bond motifs is 4. The van der Waals surface area contributed by atoms with Crippen LogP contribution in [0.5, 0.6) is 0 Å². The second-order valence-corrected chi connectivity index (χ2v) is 8.99. The minimum absolute atomic E-state index is 0.0172. The summed E-state index contributed by atoms with van der Waals surface area (Å²) in [6.07, 6.45) is 4.07. The zero-order valence-electron chi connectivity index (χ0n) is 19.6. The van der Waals surface area contributed by atoms with Gasteiger partial charge in [0.2, 0.25) is 0 Å². The first-order valence-corrected chi connectivity index (χ1v) is 11.4. The fourth-order valence-corrected chi connectivity index (χ4v) is 4.57. The number of hydrogen-bond donors (Lipinski definition) is 2. The second-order valence-electron chi connectivity index (χ2n) is 8.99. The normalized spacial score (nSPS) is 16.6. The molecule has 1 fully saturated rings. The van der Waals surface area contributed by atoms with Crippen LogP contribution in [-0.4, -0.2) is 52.1 Å². The Labute approximate surface area is 197 Å². The summed E-state index contributed by atoms with van der Waals surface area (Å²) in [4.78, 5) is 43.2. The van der Waals surface area contributed by atoms with Crippen LogP contribution < -0.4 is 20.4 Å². The summed E-state index contributed by atoms with van der Waals surface area (Å²) in [6.45, 7) is 9.08. The molecule has 0 spiro atoms. The number of rotatable bonds is 4. The lowest BCUT2D eigenvalue weighted by atomic mass is 10.1. The van der Waals surface area contributed by atoms with E-state index >= 15 is 0 Å². The number of carbonyl (C=O) groups excluding carboxylic acids is 2. The van der Waals surface area contributed by atoms with Crippen molar-refractivity contribution < 1.29 is 14.0 Å². The van der Waals surface area contributed by atoms with Gasteiger partial charge in [0.25, 0.3) is 5.91 Å². The average molecular weight is 462 g/mol. The first-order chi connectivity index (χ1) is 16.3. The van der Waals surface area contributed by atoms with Crippen molar-refractivity contribution in [1.29, 1.82) is 0 Å². The monoisotopic (exact) mass is 461 g/mol. The fraction of sp³-hybridized carbons (Fsp3) is 0.375. The molecule has 3 aromatic rings. The van der Waals surface area contributed by atoms with E-state index < -0.39 is 0 Å². The molecule has 5 heterocycles. The zero-order valence-corrected chi connectivity index (χ0v) is 19.6. The molecule has 10 heteroatoms. The molecule has 3 amide bonds. The van der Waals surface area contributed by atoms with E-state index in [1.54, 1.807) is 42.4 Å². The van der Waals surface area contributed by atoms with Crippen molar-refractivity contribution in [3.8, 4) is 11.3 Å². The predicted octanol–water partition coefficient (Wildman–Crippen LogP) is 3.52. The Morgan fingerprint density at radius 1 is 1.21 bits per heavy atom. The summed E-state index contributed by atoms with van der Waals surface area (Å²) in [5.74, 6) is 1.80. The minimum Gasteiger partial charge on any atom is -0.441 e. The van der Waals surface area contributed by atoms with Gasteiger partial charge in [0.1, 0.15) is 11.5 Å². The predicted molar refractivity (Wildman–Crippen MR) is 128 cm³/mol. The maximum atomic E-state index is 13.5. The zero-order chi connectivity index (χ0) is 24.0. The van der Waals surface area contributed by atoms with Crippen LogP contribution in [0.25, 0.3) is 11.3 Å². The minimum atomic E-state index is -0.334. The highest BCUT2D eigenvalue weighted by Gasteiger charge is 2.41. The van der Waals surface area contributed by atoms with Gasteiger partial charge in [-0.25, -0.2) is 19.7 Å². The number of anilines is 3. The van der Waals surface area contributed by atoms with Crippen LogP contribution in [0.3, 0.4) is 0 Å². The van der Waals surface area contributed by atoms with Crippen LogP contribution in [-0.2, 0) is 0 Å². The number of amides is 3. The molecule has 2 aliphatic rings. The highest BCUT2D eigenvalue weighted by atomic mass is 16.4. The lowest BCUT2D eigenvalue weighted by molar-refractivity contribution is 0.0938. The van der Waals surface area contributed by atoms with Gasteiger partial charge in [-0.2, -0.15) is 0 Å². The molecule has 0 aliphatic carbocycles. The number of hydrogen-bond acceptors (Lipinski definition) is 7. The van der Waals surface area contributed by atoms with Crippen molar-refractivity contribution in [3.63, 3.8) is 0 Å². The van der Waals surface area contributed by atoms with E-state index in [0.29, 0.717) is 29.0 Å². The summed E-state index contributed by atoms with van der Waals surface area (Å²) in [5.41, 5.74) is 2.87. The third-order valence-electron chi connectivity index (χ3n) is 6.01. The van der Waals surface area contributed by atoms with Gasteiger partial charge in [-0.15, -0.1) is 0 Å². The van der Waals surface area contributed by atoms with E-state index in [1.807, 2.05) is 20.8 Å². The lowest BCUT2D eigenvalue weighted by Crippen LogP contribution is -2.49. The van der Waals surface area contributed by atoms with Gasteiger partial charge in [-0.05, 0) is 51.0 Å². The van der Waals surface area contributed by atoms with Gasteiger partial charge in [0.05, 0.1) is 17.9 Å². The van der Waals surface area contributed by atoms with Gasteiger partial charge in [-0.3, -0.25) is 15.0 Å². The van der Waals surface area contributed by atoms with Crippen molar-refractivity contribution in [2.75, 3.05) is 28.2 Å². The molecule has 1 saturated heterocycles. The first kappa shape index (κ1) is 21.9. The van der Waals surface area contributed by atoms with E-state index in [0.717, 1.165) is 36.3 Å². The molecule has 3 aromatic heterocycles. The summed E-state index contributed by atoms with van der Waals surface area (Å²) in [7, 11) is 0. The van der Waals surface area contributed by atoms with E-state index in [1.165, 1.54) is 0 Å². The smallest absolute Gasteiger partial charge is 0.329 e. The topological polar surface area (TPSA) is 116 Å². The maximum absolute atomic E-state index is 13.5. The number of carbonyl (C=O) groups is 2. The number of nitrogens with zero attached hydrogens (tertiary/aromatic N) is 5. The Kier molecular flexibility index (Phi) is 5.43. The number of nitrogens with one attached hydrogen (secondary N) is 2. The summed E-state index contributed by atoms with van der Waals surface area (Å²) in [6, 6.07) is 4.94. The number of pyridine rings is 2. The Balaban J connectivity index is 1.47. The van der Waals surface area contributed by atoms with Crippen molar-refractivity contribution in [2.45, 2.75) is 46.2 Å². The molecular weight excluding hydrogens is 434 g/mol. The van der Waals surface area contributed by atoms with Crippen LogP contribution in [0.4, 0.5) is 22.1 Å². The number of oxazole rings is 1. The van der Waals surface area contributed by atoms with Gasteiger partial charge in [0.15, 0.2) is 17.5 Å². The van der Waals surface area contributed by atoms with Crippen molar-refractivity contribution in [2.24, 2.45) is 0 Å². The molecule has 176 valence electrons. The van der Waals surface area contributed by atoms with E-state index in [4.69, 9.17) is 4.42 Å². The van der Waals surface area contributed by atoms with E-state index in [2.05, 4.69) is 30.5 Å². The Morgan fingerprint density at radius 3 is 2.76 bits per heavy atom. The van der Waals surface area contributed by atoms with Crippen LogP contribution in [0.15, 0.2) is 35.0 Å². The average Bonchev–Trinajstić information content (AvgIpc) is 3.40. The van der Waals surface area contributed by atoms with Crippen molar-refractivity contribution in [1.82, 2.24) is 20.3 Å². The molecule has 0 aromatic carbocycles. The number of aryl methyl sites for hydroxylation is 2. The summed E-state index contributed by atoms with van der Waals surface area (Å²) < 4.78 is 5.59. The molecule has 10 nitrogen and oxygen atoms in total. The molecule has 0 saturated carbocycles. The molecule has 2 bridgehead atoms. The van der Waals surface area contributed by atoms with Crippen LogP contribution >= 0.6 is 0 Å². The molecule has 0 radical (unpaired) electrons. The van der Waals surface area contributed by atoms with Gasteiger partial charge >= 0.3 is 6.03 Å². The van der Waals surface area contributed by atoms with E-state index in [-0.39, 0.29) is 24.0 Å². The molecule has 0 unspecified atom stereocenters. The highest BCUT2D eigenvalue weighted by Crippen LogP contribution is 2.41. The third-order valence-corrected chi connectivity index (χ3v) is 6.01. The van der Waals surface area contributed by atoms with Crippen LogP contribution in [0.1, 0.15) is 42.2 Å². The van der Waals surface area contributed by atoms with Gasteiger partial charge in [-0.1, -0.05) is 0 Å². The SMILES string of the molecule is Cc1ncc(-c2ccnc(NC(=O)N3c4nc(C(=O)NC(C)C)cc(C)c4N4CC[C@H]3C4)c2)o1. The molecular formula is C24H27N7O3. The van der Waals surface area contributed by atoms with Gasteiger partial charge < -0.3 is 14.6 Å². The van der Waals surface area contributed by atoms with Crippen molar-refractivity contribution >= 4 is 29.3 Å². The maximum Gasteiger partial charge on any atom is 0.329 e. The van der Waals surface area contributed by atoms with Crippen LogP contribution in [0, 0.1) is 13.8 Å². The molecule has 34 heavy (non-hydrogen) atoms. The molecule has 2 aliphatic heterocycles.